The van der Waals surface area contributed by atoms with Gasteiger partial charge in [-0.05, 0) is 18.2 Å². The van der Waals surface area contributed by atoms with Crippen LogP contribution in [0.1, 0.15) is 10.4 Å². The Morgan fingerprint density at radius 2 is 1.92 bits per heavy atom. The standard InChI is InChI=1S/C15H14ClN3O6S/c1-25-14-7-9(3-6-13(14)18-26(2,23)24)17-15(20)11-5-4-10(19(21)22)8-12(11)16/h3-8,18H,1-2H3,(H,17,20). The third-order valence-corrected chi connectivity index (χ3v) is 4.07. The minimum absolute atomic E-state index is 0.0505. The summed E-state index contributed by atoms with van der Waals surface area (Å²) >= 11 is 5.92. The zero-order valence-electron chi connectivity index (χ0n) is 13.6. The Morgan fingerprint density at radius 3 is 2.46 bits per heavy atom. The normalized spacial score (nSPS) is 10.9. The van der Waals surface area contributed by atoms with E-state index in [-0.39, 0.29) is 27.7 Å². The molecule has 0 heterocycles. The smallest absolute Gasteiger partial charge is 0.270 e. The van der Waals surface area contributed by atoms with Crippen LogP contribution in [0.4, 0.5) is 17.1 Å². The number of methoxy groups -OCH3 is 1. The van der Waals surface area contributed by atoms with Crippen molar-refractivity contribution in [1.29, 1.82) is 0 Å². The molecular formula is C15H14ClN3O6S. The molecule has 0 aromatic heterocycles. The van der Waals surface area contributed by atoms with Gasteiger partial charge in [-0.2, -0.15) is 0 Å². The van der Waals surface area contributed by atoms with E-state index in [1.807, 2.05) is 0 Å². The highest BCUT2D eigenvalue weighted by molar-refractivity contribution is 7.92. The molecule has 0 aliphatic heterocycles. The highest BCUT2D eigenvalue weighted by atomic mass is 35.5. The van der Waals surface area contributed by atoms with Gasteiger partial charge in [0.2, 0.25) is 10.0 Å². The SMILES string of the molecule is COc1cc(NC(=O)c2ccc([N+](=O)[O-])cc2Cl)ccc1NS(C)(=O)=O. The summed E-state index contributed by atoms with van der Waals surface area (Å²) < 4.78 is 30.1. The number of nitrogens with one attached hydrogen (secondary N) is 2. The molecule has 0 unspecified atom stereocenters. The monoisotopic (exact) mass is 399 g/mol. The fourth-order valence-electron chi connectivity index (χ4n) is 2.05. The van der Waals surface area contributed by atoms with Crippen LogP contribution in [0, 0.1) is 10.1 Å². The van der Waals surface area contributed by atoms with Crippen molar-refractivity contribution >= 4 is 44.6 Å². The summed E-state index contributed by atoms with van der Waals surface area (Å²) in [7, 11) is -2.15. The Bertz CT molecular complexity index is 977. The zero-order valence-corrected chi connectivity index (χ0v) is 15.2. The van der Waals surface area contributed by atoms with Crippen LogP contribution >= 0.6 is 11.6 Å². The first-order valence-corrected chi connectivity index (χ1v) is 9.29. The first-order chi connectivity index (χ1) is 12.1. The summed E-state index contributed by atoms with van der Waals surface area (Å²) in [5.74, 6) is -0.390. The van der Waals surface area contributed by atoms with Crippen LogP contribution < -0.4 is 14.8 Å². The molecule has 26 heavy (non-hydrogen) atoms. The Labute approximate surface area is 154 Å². The topological polar surface area (TPSA) is 128 Å². The van der Waals surface area contributed by atoms with Crippen molar-refractivity contribution in [3.8, 4) is 5.75 Å². The molecule has 1 amide bonds. The highest BCUT2D eigenvalue weighted by Gasteiger charge is 2.16. The highest BCUT2D eigenvalue weighted by Crippen LogP contribution is 2.29. The number of nitro groups is 1. The number of halogens is 1. The Hall–Kier alpha value is -2.85. The van der Waals surface area contributed by atoms with Crippen molar-refractivity contribution in [2.45, 2.75) is 0 Å². The molecule has 0 spiro atoms. The van der Waals surface area contributed by atoms with Gasteiger partial charge < -0.3 is 10.1 Å². The van der Waals surface area contributed by atoms with Crippen LogP contribution in [0.2, 0.25) is 5.02 Å². The van der Waals surface area contributed by atoms with E-state index in [0.29, 0.717) is 5.69 Å². The van der Waals surface area contributed by atoms with Crippen LogP contribution in [0.25, 0.3) is 0 Å². The van der Waals surface area contributed by atoms with Crippen molar-refractivity contribution in [3.63, 3.8) is 0 Å². The lowest BCUT2D eigenvalue weighted by atomic mass is 10.2. The van der Waals surface area contributed by atoms with Crippen molar-refractivity contribution < 1.29 is 22.9 Å². The van der Waals surface area contributed by atoms with E-state index >= 15 is 0 Å². The molecule has 2 N–H and O–H groups in total. The lowest BCUT2D eigenvalue weighted by Crippen LogP contribution is -2.14. The molecule has 0 aliphatic carbocycles. The Kier molecular flexibility index (Phi) is 5.68. The molecular weight excluding hydrogens is 386 g/mol. The second-order valence-corrected chi connectivity index (χ2v) is 7.32. The summed E-state index contributed by atoms with van der Waals surface area (Å²) in [6.45, 7) is 0. The average molecular weight is 400 g/mol. The summed E-state index contributed by atoms with van der Waals surface area (Å²) in [5.41, 5.74) is 0.348. The predicted octanol–water partition coefficient (Wildman–Crippen LogP) is 2.88. The van der Waals surface area contributed by atoms with Crippen molar-refractivity contribution in [1.82, 2.24) is 0 Å². The molecule has 0 bridgehead atoms. The first-order valence-electron chi connectivity index (χ1n) is 7.02. The number of non-ortho nitro benzene ring substituents is 1. The molecule has 0 aliphatic rings. The fourth-order valence-corrected chi connectivity index (χ4v) is 2.88. The molecule has 0 saturated heterocycles. The molecule has 2 aromatic carbocycles. The van der Waals surface area contributed by atoms with Crippen molar-refractivity contribution in [2.75, 3.05) is 23.4 Å². The number of carbonyl (C=O) groups excluding carboxylic acids is 1. The number of nitro benzene ring substituents is 1. The van der Waals surface area contributed by atoms with E-state index in [9.17, 15) is 23.3 Å². The maximum absolute atomic E-state index is 12.3. The van der Waals surface area contributed by atoms with Crippen molar-refractivity contribution in [3.05, 3.63) is 57.1 Å². The van der Waals surface area contributed by atoms with Gasteiger partial charge in [-0.3, -0.25) is 19.6 Å². The summed E-state index contributed by atoms with van der Waals surface area (Å²) in [5, 5.41) is 13.2. The van der Waals surface area contributed by atoms with E-state index in [4.69, 9.17) is 16.3 Å². The number of sulfonamides is 1. The second kappa shape index (κ2) is 7.58. The van der Waals surface area contributed by atoms with Gasteiger partial charge >= 0.3 is 0 Å². The van der Waals surface area contributed by atoms with Gasteiger partial charge in [-0.15, -0.1) is 0 Å². The number of rotatable bonds is 6. The Morgan fingerprint density at radius 1 is 1.23 bits per heavy atom. The van der Waals surface area contributed by atoms with Crippen LogP contribution in [-0.2, 0) is 10.0 Å². The molecule has 11 heteroatoms. The average Bonchev–Trinajstić information content (AvgIpc) is 2.54. The van der Waals surface area contributed by atoms with Crippen LogP contribution in [0.5, 0.6) is 5.75 Å². The minimum Gasteiger partial charge on any atom is -0.494 e. The van der Waals surface area contributed by atoms with E-state index in [1.165, 1.54) is 37.4 Å². The second-order valence-electron chi connectivity index (χ2n) is 5.16. The number of anilines is 2. The lowest BCUT2D eigenvalue weighted by molar-refractivity contribution is -0.384. The molecule has 138 valence electrons. The van der Waals surface area contributed by atoms with Gasteiger partial charge in [-0.25, -0.2) is 8.42 Å². The summed E-state index contributed by atoms with van der Waals surface area (Å²) in [6.07, 6.45) is 0.999. The predicted molar refractivity (Wildman–Crippen MR) is 97.5 cm³/mol. The maximum atomic E-state index is 12.3. The van der Waals surface area contributed by atoms with Gasteiger partial charge in [0.15, 0.2) is 0 Å². The van der Waals surface area contributed by atoms with Gasteiger partial charge in [0, 0.05) is 23.9 Å². The van der Waals surface area contributed by atoms with Crippen molar-refractivity contribution in [2.24, 2.45) is 0 Å². The lowest BCUT2D eigenvalue weighted by Gasteiger charge is -2.12. The quantitative estimate of drug-likeness (QED) is 0.567. The molecule has 2 rings (SSSR count). The molecule has 9 nitrogen and oxygen atoms in total. The van der Waals surface area contributed by atoms with Gasteiger partial charge in [-0.1, -0.05) is 11.6 Å². The maximum Gasteiger partial charge on any atom is 0.270 e. The van der Waals surface area contributed by atoms with Gasteiger partial charge in [0.25, 0.3) is 11.6 Å². The number of carbonyl (C=O) groups is 1. The molecule has 0 saturated carbocycles. The number of hydrogen-bond donors (Lipinski definition) is 2. The third kappa shape index (κ3) is 4.83. The van der Waals surface area contributed by atoms with E-state index < -0.39 is 20.9 Å². The van der Waals surface area contributed by atoms with E-state index in [0.717, 1.165) is 12.3 Å². The molecule has 0 atom stereocenters. The van der Waals surface area contributed by atoms with Crippen LogP contribution in [-0.4, -0.2) is 32.6 Å². The molecule has 0 fully saturated rings. The number of ether oxygens (including phenoxy) is 1. The van der Waals surface area contributed by atoms with Crippen LogP contribution in [0.15, 0.2) is 36.4 Å². The largest absolute Gasteiger partial charge is 0.494 e. The first kappa shape index (κ1) is 19.5. The number of benzene rings is 2. The zero-order chi connectivity index (χ0) is 19.5. The van der Waals surface area contributed by atoms with E-state index in [2.05, 4.69) is 10.0 Å². The van der Waals surface area contributed by atoms with Crippen LogP contribution in [0.3, 0.4) is 0 Å². The third-order valence-electron chi connectivity index (χ3n) is 3.16. The summed E-state index contributed by atoms with van der Waals surface area (Å²) in [6, 6.07) is 7.80. The minimum atomic E-state index is -3.50. The number of hydrogen-bond acceptors (Lipinski definition) is 6. The number of amides is 1. The molecule has 0 radical (unpaired) electrons. The fraction of sp³-hybridized carbons (Fsp3) is 0.133. The summed E-state index contributed by atoms with van der Waals surface area (Å²) in [4.78, 5) is 22.4. The molecule has 2 aromatic rings. The van der Waals surface area contributed by atoms with Gasteiger partial charge in [0.05, 0.1) is 34.6 Å². The number of nitrogens with zero attached hydrogens (tertiary/aromatic N) is 1. The van der Waals surface area contributed by atoms with E-state index in [1.54, 1.807) is 0 Å². The Balaban J connectivity index is 2.25. The van der Waals surface area contributed by atoms with Gasteiger partial charge in [0.1, 0.15) is 5.75 Å².